The van der Waals surface area contributed by atoms with Gasteiger partial charge in [0.05, 0.1) is 34.8 Å². The van der Waals surface area contributed by atoms with Crippen LogP contribution in [0.1, 0.15) is 60.0 Å². The normalized spacial score (nSPS) is 20.6. The highest BCUT2D eigenvalue weighted by molar-refractivity contribution is 5.93. The lowest BCUT2D eigenvalue weighted by Gasteiger charge is -2.30. The molecule has 2 fully saturated rings. The number of hydrogen-bond acceptors (Lipinski definition) is 7. The molecule has 0 unspecified atom stereocenters. The highest BCUT2D eigenvalue weighted by Crippen LogP contribution is 2.35. The van der Waals surface area contributed by atoms with E-state index in [4.69, 9.17) is 15.1 Å². The van der Waals surface area contributed by atoms with Crippen LogP contribution in [0, 0.1) is 17.2 Å². The van der Waals surface area contributed by atoms with E-state index in [1.54, 1.807) is 6.07 Å². The number of rotatable bonds is 6. The maximum atomic E-state index is 13.2. The molecule has 0 spiro atoms. The summed E-state index contributed by atoms with van der Waals surface area (Å²) < 4.78 is 45.3. The highest BCUT2D eigenvalue weighted by Gasteiger charge is 2.34. The number of carboxylic acid groups (broad SMARTS) is 1. The molecule has 12 heteroatoms. The Balaban J connectivity index is 1.26. The number of carbonyl (C=O) groups is 2. The molecule has 1 amide bonds. The van der Waals surface area contributed by atoms with Crippen LogP contribution in [-0.4, -0.2) is 52.2 Å². The molecule has 1 aromatic carbocycles. The summed E-state index contributed by atoms with van der Waals surface area (Å²) in [5.41, 5.74) is -1.17. The molecule has 2 aromatic rings. The minimum Gasteiger partial charge on any atom is -0.490 e. The van der Waals surface area contributed by atoms with Crippen molar-refractivity contribution in [3.8, 4) is 11.8 Å². The van der Waals surface area contributed by atoms with E-state index in [1.165, 1.54) is 18.5 Å². The zero-order valence-corrected chi connectivity index (χ0v) is 19.9. The number of halogens is 3. The zero-order chi connectivity index (χ0) is 26.6. The molecule has 0 atom stereocenters. The fourth-order valence-electron chi connectivity index (χ4n) is 4.64. The zero-order valence-electron chi connectivity index (χ0n) is 19.9. The molecule has 0 bridgehead atoms. The van der Waals surface area contributed by atoms with Crippen LogP contribution < -0.4 is 15.0 Å². The number of benzene rings is 1. The van der Waals surface area contributed by atoms with E-state index in [1.807, 2.05) is 4.90 Å². The third-order valence-corrected chi connectivity index (χ3v) is 6.76. The van der Waals surface area contributed by atoms with Gasteiger partial charge in [-0.15, -0.1) is 0 Å². The number of amides is 1. The SMILES string of the molecule is N#Cc1ccc(O[C@H]2CC[C@H](NC(=O)c3cnc(N4CCC(C(=O)O)CC4)nc3)CC2)cc1C(F)(F)F. The number of piperidine rings is 1. The largest absolute Gasteiger partial charge is 0.490 e. The van der Waals surface area contributed by atoms with Gasteiger partial charge in [-0.1, -0.05) is 0 Å². The second-order valence-corrected chi connectivity index (χ2v) is 9.25. The lowest BCUT2D eigenvalue weighted by molar-refractivity contribution is -0.142. The van der Waals surface area contributed by atoms with Crippen molar-refractivity contribution in [1.82, 2.24) is 15.3 Å². The Morgan fingerprint density at radius 3 is 2.30 bits per heavy atom. The standard InChI is InChI=1S/C25H26F3N5O4/c26-25(27,28)21-11-20(4-1-16(21)12-29)37-19-5-2-18(3-6-19)32-22(34)17-13-30-24(31-14-17)33-9-7-15(8-10-33)23(35)36/h1,4,11,13-15,18-19H,2-3,5-10H2,(H,32,34)(H,35,36)/t18-,19-. The number of aromatic nitrogens is 2. The molecule has 37 heavy (non-hydrogen) atoms. The number of carbonyl (C=O) groups excluding carboxylic acids is 1. The average Bonchev–Trinajstić information content (AvgIpc) is 2.89. The van der Waals surface area contributed by atoms with Crippen molar-refractivity contribution in [3.63, 3.8) is 0 Å². The Morgan fingerprint density at radius 1 is 1.08 bits per heavy atom. The first-order chi connectivity index (χ1) is 17.6. The number of nitrogens with zero attached hydrogens (tertiary/aromatic N) is 4. The fraction of sp³-hybridized carbons (Fsp3) is 0.480. The predicted octanol–water partition coefficient (Wildman–Crippen LogP) is 3.79. The molecule has 1 saturated carbocycles. The number of ether oxygens (including phenoxy) is 1. The van der Waals surface area contributed by atoms with Crippen molar-refractivity contribution in [2.45, 2.75) is 56.8 Å². The van der Waals surface area contributed by atoms with Gasteiger partial charge in [-0.25, -0.2) is 9.97 Å². The summed E-state index contributed by atoms with van der Waals surface area (Å²) in [4.78, 5) is 34.2. The lowest BCUT2D eigenvalue weighted by atomic mass is 9.92. The lowest BCUT2D eigenvalue weighted by Crippen LogP contribution is -2.40. The number of carboxylic acids is 1. The quantitative estimate of drug-likeness (QED) is 0.592. The molecular weight excluding hydrogens is 491 g/mol. The molecule has 1 aliphatic heterocycles. The Kier molecular flexibility index (Phi) is 7.80. The molecule has 4 rings (SSSR count). The molecule has 2 N–H and O–H groups in total. The molecule has 1 saturated heterocycles. The van der Waals surface area contributed by atoms with Crippen molar-refractivity contribution in [2.24, 2.45) is 5.92 Å². The van der Waals surface area contributed by atoms with Crippen LogP contribution in [0.15, 0.2) is 30.6 Å². The van der Waals surface area contributed by atoms with Gasteiger partial charge in [0.1, 0.15) is 5.75 Å². The van der Waals surface area contributed by atoms with Gasteiger partial charge in [-0.2, -0.15) is 18.4 Å². The predicted molar refractivity (Wildman–Crippen MR) is 125 cm³/mol. The van der Waals surface area contributed by atoms with Crippen molar-refractivity contribution in [1.29, 1.82) is 5.26 Å². The van der Waals surface area contributed by atoms with Crippen LogP contribution in [0.2, 0.25) is 0 Å². The van der Waals surface area contributed by atoms with E-state index >= 15 is 0 Å². The number of nitriles is 1. The van der Waals surface area contributed by atoms with Crippen molar-refractivity contribution >= 4 is 17.8 Å². The maximum Gasteiger partial charge on any atom is 0.417 e. The highest BCUT2D eigenvalue weighted by atomic mass is 19.4. The molecular formula is C25H26F3N5O4. The first-order valence-electron chi connectivity index (χ1n) is 12.0. The summed E-state index contributed by atoms with van der Waals surface area (Å²) in [5, 5.41) is 21.0. The molecule has 196 valence electrons. The average molecular weight is 518 g/mol. The number of nitrogens with one attached hydrogen (secondary N) is 1. The van der Waals surface area contributed by atoms with Crippen LogP contribution >= 0.6 is 0 Å². The third-order valence-electron chi connectivity index (χ3n) is 6.76. The second kappa shape index (κ2) is 11.0. The van der Waals surface area contributed by atoms with Gasteiger partial charge < -0.3 is 20.1 Å². The molecule has 2 aliphatic rings. The number of alkyl halides is 3. The summed E-state index contributed by atoms with van der Waals surface area (Å²) in [6, 6.07) is 4.75. The van der Waals surface area contributed by atoms with Gasteiger partial charge in [0, 0.05) is 31.5 Å². The van der Waals surface area contributed by atoms with Gasteiger partial charge in [0.15, 0.2) is 0 Å². The van der Waals surface area contributed by atoms with Crippen molar-refractivity contribution in [2.75, 3.05) is 18.0 Å². The second-order valence-electron chi connectivity index (χ2n) is 9.25. The fourth-order valence-corrected chi connectivity index (χ4v) is 4.64. The van der Waals surface area contributed by atoms with E-state index in [9.17, 15) is 22.8 Å². The monoisotopic (exact) mass is 517 g/mol. The third kappa shape index (κ3) is 6.47. The summed E-state index contributed by atoms with van der Waals surface area (Å²) in [7, 11) is 0. The molecule has 0 radical (unpaired) electrons. The summed E-state index contributed by atoms with van der Waals surface area (Å²) in [6.45, 7) is 1.07. The Labute approximate surface area is 211 Å². The Morgan fingerprint density at radius 2 is 1.73 bits per heavy atom. The van der Waals surface area contributed by atoms with E-state index in [0.717, 1.165) is 12.1 Å². The van der Waals surface area contributed by atoms with E-state index in [2.05, 4.69) is 15.3 Å². The van der Waals surface area contributed by atoms with Crippen LogP contribution in [-0.2, 0) is 11.0 Å². The summed E-state index contributed by atoms with van der Waals surface area (Å²) >= 11 is 0. The van der Waals surface area contributed by atoms with Gasteiger partial charge in [0.25, 0.3) is 5.91 Å². The van der Waals surface area contributed by atoms with Gasteiger partial charge in [-0.3, -0.25) is 9.59 Å². The number of hydrogen-bond donors (Lipinski definition) is 2. The van der Waals surface area contributed by atoms with Crippen LogP contribution in [0.3, 0.4) is 0 Å². The van der Waals surface area contributed by atoms with Crippen LogP contribution in [0.25, 0.3) is 0 Å². The Bertz CT molecular complexity index is 1170. The van der Waals surface area contributed by atoms with E-state index in [-0.39, 0.29) is 29.7 Å². The molecule has 1 aliphatic carbocycles. The minimum absolute atomic E-state index is 0.0586. The van der Waals surface area contributed by atoms with E-state index in [0.29, 0.717) is 63.1 Å². The number of anilines is 1. The van der Waals surface area contributed by atoms with Gasteiger partial charge in [0.2, 0.25) is 5.95 Å². The number of aliphatic carboxylic acids is 1. The van der Waals surface area contributed by atoms with Crippen LogP contribution in [0.4, 0.5) is 19.1 Å². The van der Waals surface area contributed by atoms with Crippen LogP contribution in [0.5, 0.6) is 5.75 Å². The summed E-state index contributed by atoms with van der Waals surface area (Å²) in [6.07, 6.45) is 1.26. The van der Waals surface area contributed by atoms with Gasteiger partial charge in [-0.05, 0) is 56.7 Å². The topological polar surface area (TPSA) is 128 Å². The molecule has 2 heterocycles. The summed E-state index contributed by atoms with van der Waals surface area (Å²) in [5.74, 6) is -0.957. The van der Waals surface area contributed by atoms with Gasteiger partial charge >= 0.3 is 12.1 Å². The van der Waals surface area contributed by atoms with E-state index < -0.39 is 23.3 Å². The van der Waals surface area contributed by atoms with Crippen molar-refractivity contribution in [3.05, 3.63) is 47.3 Å². The first kappa shape index (κ1) is 26.2. The minimum atomic E-state index is -4.65. The first-order valence-corrected chi connectivity index (χ1v) is 12.0. The maximum absolute atomic E-state index is 13.2. The molecule has 9 nitrogen and oxygen atoms in total. The smallest absolute Gasteiger partial charge is 0.417 e. The van der Waals surface area contributed by atoms with Crippen molar-refractivity contribution < 1.29 is 32.6 Å². The molecule has 1 aromatic heterocycles. The Hall–Kier alpha value is -3.88.